The van der Waals surface area contributed by atoms with Crippen LogP contribution in [0, 0.1) is 22.9 Å². The maximum atomic E-state index is 13.8. The minimum absolute atomic E-state index is 0.0654. The zero-order valence-electron chi connectivity index (χ0n) is 13.6. The number of nitrogens with zero attached hydrogens (tertiary/aromatic N) is 2. The van der Waals surface area contributed by atoms with E-state index in [1.165, 1.54) is 30.3 Å². The molecule has 132 valence electrons. The molecule has 1 aliphatic heterocycles. The van der Waals surface area contributed by atoms with E-state index in [0.717, 1.165) is 16.7 Å². The molecule has 1 aliphatic rings. The molecule has 8 heteroatoms. The zero-order valence-corrected chi connectivity index (χ0v) is 14.5. The van der Waals surface area contributed by atoms with E-state index in [2.05, 4.69) is 0 Å². The summed E-state index contributed by atoms with van der Waals surface area (Å²) in [6.45, 7) is 1.45. The summed E-state index contributed by atoms with van der Waals surface area (Å²) in [7, 11) is 0. The number of halogens is 1. The quantitative estimate of drug-likeness (QED) is 0.455. The molecule has 0 radical (unpaired) electrons. The summed E-state index contributed by atoms with van der Waals surface area (Å²) in [5, 5.41) is 10.5. The van der Waals surface area contributed by atoms with Crippen LogP contribution in [0.15, 0.2) is 47.4 Å². The summed E-state index contributed by atoms with van der Waals surface area (Å²) >= 11 is 0.726. The van der Waals surface area contributed by atoms with Gasteiger partial charge in [0.05, 0.1) is 16.4 Å². The van der Waals surface area contributed by atoms with Crippen LogP contribution < -0.4 is 0 Å². The van der Waals surface area contributed by atoms with E-state index in [-0.39, 0.29) is 22.7 Å². The van der Waals surface area contributed by atoms with Gasteiger partial charge >= 0.3 is 0 Å². The van der Waals surface area contributed by atoms with Gasteiger partial charge in [-0.25, -0.2) is 4.39 Å². The summed E-state index contributed by atoms with van der Waals surface area (Å²) in [6.07, 6.45) is 1.43. The van der Waals surface area contributed by atoms with Gasteiger partial charge in [0, 0.05) is 17.2 Å². The lowest BCUT2D eigenvalue weighted by atomic mass is 10.1. The number of amides is 2. The zero-order chi connectivity index (χ0) is 18.8. The topological polar surface area (TPSA) is 80.5 Å². The van der Waals surface area contributed by atoms with Crippen molar-refractivity contribution in [1.29, 1.82) is 0 Å². The second kappa shape index (κ2) is 7.09. The molecule has 1 fully saturated rings. The fraction of sp³-hybridized carbons (Fsp3) is 0.111. The number of nitro benzene ring substituents is 1. The van der Waals surface area contributed by atoms with Crippen LogP contribution in [-0.4, -0.2) is 21.0 Å². The van der Waals surface area contributed by atoms with Crippen LogP contribution in [-0.2, 0) is 11.3 Å². The molecule has 2 amide bonds. The highest BCUT2D eigenvalue weighted by atomic mass is 32.2. The second-order valence-corrected chi connectivity index (χ2v) is 6.66. The van der Waals surface area contributed by atoms with Crippen molar-refractivity contribution in [2.75, 3.05) is 0 Å². The van der Waals surface area contributed by atoms with Gasteiger partial charge in [0.1, 0.15) is 5.82 Å². The van der Waals surface area contributed by atoms with Crippen molar-refractivity contribution >= 4 is 34.7 Å². The van der Waals surface area contributed by atoms with Crippen LogP contribution in [0.5, 0.6) is 0 Å². The molecule has 0 bridgehead atoms. The number of nitro groups is 1. The SMILES string of the molecule is Cc1ccc(/C=C2\SC(=O)N(Cc3ccccc3F)C2=O)cc1[N+](=O)[O-]. The lowest BCUT2D eigenvalue weighted by molar-refractivity contribution is -0.385. The molecular weight excluding hydrogens is 359 g/mol. The Morgan fingerprint density at radius 2 is 1.96 bits per heavy atom. The first-order valence-corrected chi connectivity index (χ1v) is 8.42. The van der Waals surface area contributed by atoms with Crippen LogP contribution in [0.4, 0.5) is 14.9 Å². The fourth-order valence-corrected chi connectivity index (χ4v) is 3.34. The van der Waals surface area contributed by atoms with Crippen molar-refractivity contribution in [2.24, 2.45) is 0 Å². The molecule has 6 nitrogen and oxygen atoms in total. The minimum Gasteiger partial charge on any atom is -0.268 e. The van der Waals surface area contributed by atoms with Crippen molar-refractivity contribution in [3.05, 3.63) is 80.0 Å². The number of aryl methyl sites for hydroxylation is 1. The van der Waals surface area contributed by atoms with Gasteiger partial charge in [-0.05, 0) is 36.4 Å². The van der Waals surface area contributed by atoms with E-state index >= 15 is 0 Å². The first kappa shape index (κ1) is 17.8. The summed E-state index contributed by atoms with van der Waals surface area (Å²) < 4.78 is 13.8. The molecule has 0 unspecified atom stereocenters. The lowest BCUT2D eigenvalue weighted by Gasteiger charge is -2.12. The van der Waals surface area contributed by atoms with E-state index in [9.17, 15) is 24.1 Å². The van der Waals surface area contributed by atoms with Crippen LogP contribution >= 0.6 is 11.8 Å². The Balaban J connectivity index is 1.87. The molecule has 0 atom stereocenters. The Morgan fingerprint density at radius 1 is 1.23 bits per heavy atom. The van der Waals surface area contributed by atoms with Gasteiger partial charge in [0.2, 0.25) is 0 Å². The van der Waals surface area contributed by atoms with Crippen molar-refractivity contribution in [2.45, 2.75) is 13.5 Å². The number of thioether (sulfide) groups is 1. The molecule has 26 heavy (non-hydrogen) atoms. The number of carbonyl (C=O) groups is 2. The summed E-state index contributed by atoms with van der Waals surface area (Å²) in [6, 6.07) is 10.5. The van der Waals surface area contributed by atoms with E-state index in [1.807, 2.05) is 0 Å². The monoisotopic (exact) mass is 372 g/mol. The summed E-state index contributed by atoms with van der Waals surface area (Å²) in [5.74, 6) is -1.05. The molecule has 1 heterocycles. The highest BCUT2D eigenvalue weighted by molar-refractivity contribution is 8.18. The van der Waals surface area contributed by atoms with E-state index in [4.69, 9.17) is 0 Å². The van der Waals surface area contributed by atoms with Crippen molar-refractivity contribution < 1.29 is 18.9 Å². The van der Waals surface area contributed by atoms with Gasteiger partial charge in [0.15, 0.2) is 0 Å². The maximum absolute atomic E-state index is 13.8. The van der Waals surface area contributed by atoms with Crippen LogP contribution in [0.2, 0.25) is 0 Å². The highest BCUT2D eigenvalue weighted by Crippen LogP contribution is 2.34. The number of benzene rings is 2. The van der Waals surface area contributed by atoms with E-state index in [0.29, 0.717) is 11.1 Å². The first-order valence-electron chi connectivity index (χ1n) is 7.60. The van der Waals surface area contributed by atoms with Crippen molar-refractivity contribution in [3.8, 4) is 0 Å². The maximum Gasteiger partial charge on any atom is 0.293 e. The van der Waals surface area contributed by atoms with E-state index < -0.39 is 21.9 Å². The van der Waals surface area contributed by atoms with Crippen LogP contribution in [0.1, 0.15) is 16.7 Å². The van der Waals surface area contributed by atoms with Gasteiger partial charge < -0.3 is 0 Å². The Hall–Kier alpha value is -3.00. The molecule has 3 rings (SSSR count). The summed E-state index contributed by atoms with van der Waals surface area (Å²) in [5.41, 5.74) is 1.12. The number of carbonyl (C=O) groups excluding carboxylic acids is 2. The van der Waals surface area contributed by atoms with Crippen LogP contribution in [0.3, 0.4) is 0 Å². The molecular formula is C18H13FN2O4S. The van der Waals surface area contributed by atoms with E-state index in [1.54, 1.807) is 25.1 Å². The largest absolute Gasteiger partial charge is 0.293 e. The standard InChI is InChI=1S/C18H13FN2O4S/c1-11-6-7-12(8-15(11)21(24)25)9-16-17(22)20(18(23)26-16)10-13-4-2-3-5-14(13)19/h2-9H,10H2,1H3/b16-9-. The predicted molar refractivity (Wildman–Crippen MR) is 95.7 cm³/mol. The van der Waals surface area contributed by atoms with Gasteiger partial charge in [0.25, 0.3) is 16.8 Å². The van der Waals surface area contributed by atoms with Gasteiger partial charge in [-0.3, -0.25) is 24.6 Å². The Labute approximate surface area is 152 Å². The Morgan fingerprint density at radius 3 is 2.65 bits per heavy atom. The average molecular weight is 372 g/mol. The first-order chi connectivity index (χ1) is 12.4. The smallest absolute Gasteiger partial charge is 0.268 e. The second-order valence-electron chi connectivity index (χ2n) is 5.66. The van der Waals surface area contributed by atoms with Gasteiger partial charge in [-0.15, -0.1) is 0 Å². The van der Waals surface area contributed by atoms with Gasteiger partial charge in [-0.1, -0.05) is 30.3 Å². The number of imide groups is 1. The summed E-state index contributed by atoms with van der Waals surface area (Å²) in [4.78, 5) is 36.2. The third-order valence-electron chi connectivity index (χ3n) is 3.89. The predicted octanol–water partition coefficient (Wildman–Crippen LogP) is 4.28. The molecule has 0 saturated carbocycles. The normalized spacial score (nSPS) is 15.8. The number of hydrogen-bond donors (Lipinski definition) is 0. The Bertz CT molecular complexity index is 958. The lowest BCUT2D eigenvalue weighted by Crippen LogP contribution is -2.27. The third kappa shape index (κ3) is 3.50. The average Bonchev–Trinajstić information content (AvgIpc) is 2.85. The molecule has 2 aromatic rings. The molecule has 0 N–H and O–H groups in total. The molecule has 0 spiro atoms. The Kier molecular flexibility index (Phi) is 4.85. The number of rotatable bonds is 4. The molecule has 2 aromatic carbocycles. The minimum atomic E-state index is -0.550. The molecule has 0 aromatic heterocycles. The van der Waals surface area contributed by atoms with Crippen molar-refractivity contribution in [1.82, 2.24) is 4.90 Å². The highest BCUT2D eigenvalue weighted by Gasteiger charge is 2.35. The van der Waals surface area contributed by atoms with Crippen LogP contribution in [0.25, 0.3) is 6.08 Å². The number of hydrogen-bond acceptors (Lipinski definition) is 5. The molecule has 1 saturated heterocycles. The molecule has 0 aliphatic carbocycles. The third-order valence-corrected chi connectivity index (χ3v) is 4.79. The van der Waals surface area contributed by atoms with Gasteiger partial charge in [-0.2, -0.15) is 0 Å². The fourth-order valence-electron chi connectivity index (χ4n) is 2.50. The van der Waals surface area contributed by atoms with Crippen molar-refractivity contribution in [3.63, 3.8) is 0 Å².